The van der Waals surface area contributed by atoms with Crippen molar-refractivity contribution in [2.24, 2.45) is 0 Å². The molecule has 1 aliphatic carbocycles. The third-order valence-electron chi connectivity index (χ3n) is 9.65. The average Bonchev–Trinajstić information content (AvgIpc) is 3.60. The van der Waals surface area contributed by atoms with E-state index in [9.17, 15) is 14.4 Å². The highest BCUT2D eigenvalue weighted by Crippen LogP contribution is 2.38. The number of benzene rings is 3. The maximum absolute atomic E-state index is 14.1. The zero-order chi connectivity index (χ0) is 35.4. The SMILES string of the molecule is COc1cc2ccc1Oc1ccc(cc1OC)C(=O)NCCOc1ccc(cc1)OC1(CCN(C(=O)c3n[nH]c4c3CCCC4)CC1)C(=O)NC2. The maximum Gasteiger partial charge on any atom is 0.274 e. The summed E-state index contributed by atoms with van der Waals surface area (Å²) in [5.74, 6) is 2.02. The Morgan fingerprint density at radius 1 is 0.863 bits per heavy atom. The number of rotatable bonds is 3. The van der Waals surface area contributed by atoms with Crippen molar-refractivity contribution in [2.75, 3.05) is 40.5 Å². The van der Waals surface area contributed by atoms with Crippen molar-refractivity contribution in [2.45, 2.75) is 50.7 Å². The highest BCUT2D eigenvalue weighted by atomic mass is 16.5. The molecule has 0 unspecified atom stereocenters. The van der Waals surface area contributed by atoms with Crippen LogP contribution in [0.25, 0.3) is 0 Å². The summed E-state index contributed by atoms with van der Waals surface area (Å²) in [5.41, 5.74) is 2.48. The van der Waals surface area contributed by atoms with Crippen LogP contribution in [0.1, 0.15) is 63.4 Å². The Morgan fingerprint density at radius 3 is 2.33 bits per heavy atom. The van der Waals surface area contributed by atoms with Crippen molar-refractivity contribution in [3.8, 4) is 34.5 Å². The maximum atomic E-state index is 14.1. The summed E-state index contributed by atoms with van der Waals surface area (Å²) in [4.78, 5) is 42.4. The molecule has 1 aromatic heterocycles. The van der Waals surface area contributed by atoms with E-state index in [0.717, 1.165) is 42.5 Å². The van der Waals surface area contributed by atoms with Crippen LogP contribution in [-0.2, 0) is 24.2 Å². The fourth-order valence-corrected chi connectivity index (χ4v) is 6.78. The van der Waals surface area contributed by atoms with Crippen LogP contribution in [0.2, 0.25) is 0 Å². The lowest BCUT2D eigenvalue weighted by Crippen LogP contribution is -2.58. The van der Waals surface area contributed by atoms with Gasteiger partial charge in [-0.25, -0.2) is 0 Å². The lowest BCUT2D eigenvalue weighted by Gasteiger charge is -2.40. The summed E-state index contributed by atoms with van der Waals surface area (Å²) >= 11 is 0. The van der Waals surface area contributed by atoms with Gasteiger partial charge < -0.3 is 39.2 Å². The number of H-pyrrole nitrogens is 1. The monoisotopic (exact) mass is 695 g/mol. The van der Waals surface area contributed by atoms with E-state index in [-0.39, 0.29) is 50.3 Å². The fraction of sp³-hybridized carbons (Fsp3) is 0.368. The third-order valence-corrected chi connectivity index (χ3v) is 9.65. The number of hydrogen-bond donors (Lipinski definition) is 3. The first-order valence-corrected chi connectivity index (χ1v) is 17.2. The van der Waals surface area contributed by atoms with Crippen molar-refractivity contribution >= 4 is 17.7 Å². The number of likely N-dealkylation sites (tertiary alicyclic amines) is 1. The Morgan fingerprint density at radius 2 is 1.57 bits per heavy atom. The molecule has 266 valence electrons. The number of hydrogen-bond acceptors (Lipinski definition) is 9. The number of methoxy groups -OCH3 is 2. The molecule has 7 aliphatic heterocycles. The van der Waals surface area contributed by atoms with Crippen molar-refractivity contribution < 1.29 is 38.1 Å². The second kappa shape index (κ2) is 14.6. The molecule has 0 atom stereocenters. The predicted octanol–water partition coefficient (Wildman–Crippen LogP) is 4.59. The van der Waals surface area contributed by atoms with Gasteiger partial charge in [0.1, 0.15) is 18.1 Å². The molecule has 0 radical (unpaired) electrons. The molecule has 1 fully saturated rings. The van der Waals surface area contributed by atoms with E-state index >= 15 is 0 Å². The largest absolute Gasteiger partial charge is 0.493 e. The molecule has 4 aromatic rings. The van der Waals surface area contributed by atoms with Crippen molar-refractivity contribution in [1.82, 2.24) is 25.7 Å². The lowest BCUT2D eigenvalue weighted by molar-refractivity contribution is -0.141. The molecule has 6 bridgehead atoms. The molecule has 1 saturated heterocycles. The molecule has 12 rings (SSSR count). The van der Waals surface area contributed by atoms with Gasteiger partial charge in [-0.1, -0.05) is 6.07 Å². The Bertz CT molecular complexity index is 1920. The van der Waals surface area contributed by atoms with Crippen molar-refractivity contribution in [3.05, 3.63) is 88.7 Å². The van der Waals surface area contributed by atoms with E-state index in [0.29, 0.717) is 58.8 Å². The summed E-state index contributed by atoms with van der Waals surface area (Å²) in [5, 5.41) is 13.4. The Hall–Kier alpha value is -5.72. The van der Waals surface area contributed by atoms with Gasteiger partial charge in [0.15, 0.2) is 34.3 Å². The number of ether oxygens (including phenoxy) is 5. The molecular formula is C38H41N5O8. The topological polar surface area (TPSA) is 153 Å². The van der Waals surface area contributed by atoms with Gasteiger partial charge in [0.05, 0.1) is 20.8 Å². The summed E-state index contributed by atoms with van der Waals surface area (Å²) in [6.45, 7) is 1.34. The average molecular weight is 696 g/mol. The molecular weight excluding hydrogens is 654 g/mol. The van der Waals surface area contributed by atoms with E-state index < -0.39 is 5.60 Å². The number of piperidine rings is 1. The molecule has 0 saturated carbocycles. The van der Waals surface area contributed by atoms with Crippen LogP contribution in [0, 0.1) is 0 Å². The van der Waals surface area contributed by atoms with E-state index in [1.54, 1.807) is 59.5 Å². The smallest absolute Gasteiger partial charge is 0.274 e. The molecule has 13 heteroatoms. The normalized spacial score (nSPS) is 17.4. The summed E-state index contributed by atoms with van der Waals surface area (Å²) in [6, 6.07) is 17.3. The highest BCUT2D eigenvalue weighted by Gasteiger charge is 2.45. The van der Waals surface area contributed by atoms with Gasteiger partial charge in [-0.15, -0.1) is 0 Å². The number of carbonyl (C=O) groups excluding carboxylic acids is 3. The van der Waals surface area contributed by atoms with Crippen LogP contribution in [0.3, 0.4) is 0 Å². The van der Waals surface area contributed by atoms with E-state index in [1.165, 1.54) is 14.2 Å². The van der Waals surface area contributed by atoms with E-state index in [1.807, 2.05) is 6.07 Å². The van der Waals surface area contributed by atoms with Gasteiger partial charge in [0, 0.05) is 49.3 Å². The predicted molar refractivity (Wildman–Crippen MR) is 186 cm³/mol. The number of nitrogens with one attached hydrogen (secondary N) is 3. The summed E-state index contributed by atoms with van der Waals surface area (Å²) < 4.78 is 29.7. The first-order chi connectivity index (χ1) is 24.9. The Labute approximate surface area is 295 Å². The van der Waals surface area contributed by atoms with Crippen LogP contribution in [-0.4, -0.2) is 78.9 Å². The van der Waals surface area contributed by atoms with Gasteiger partial charge in [-0.3, -0.25) is 19.5 Å². The quantitative estimate of drug-likeness (QED) is 0.279. The number of aryl methyl sites for hydroxylation is 1. The highest BCUT2D eigenvalue weighted by molar-refractivity contribution is 5.95. The fourth-order valence-electron chi connectivity index (χ4n) is 6.78. The Kier molecular flexibility index (Phi) is 9.69. The van der Waals surface area contributed by atoms with Crippen LogP contribution >= 0.6 is 0 Å². The van der Waals surface area contributed by atoms with Gasteiger partial charge in [-0.05, 0) is 85.8 Å². The number of nitrogens with zero attached hydrogens (tertiary/aromatic N) is 2. The Balaban J connectivity index is 1.14. The molecule has 8 heterocycles. The molecule has 51 heavy (non-hydrogen) atoms. The zero-order valence-corrected chi connectivity index (χ0v) is 28.7. The van der Waals surface area contributed by atoms with Crippen LogP contribution in [0.5, 0.6) is 34.5 Å². The molecule has 1 spiro atoms. The van der Waals surface area contributed by atoms with Crippen LogP contribution in [0.4, 0.5) is 0 Å². The van der Waals surface area contributed by atoms with Crippen LogP contribution < -0.4 is 34.3 Å². The van der Waals surface area contributed by atoms with Crippen molar-refractivity contribution in [3.63, 3.8) is 0 Å². The van der Waals surface area contributed by atoms with Gasteiger partial charge in [0.2, 0.25) is 0 Å². The third kappa shape index (κ3) is 7.14. The van der Waals surface area contributed by atoms with Gasteiger partial charge in [-0.2, -0.15) is 5.10 Å². The first kappa shape index (κ1) is 33.8. The molecule has 3 N–H and O–H groups in total. The van der Waals surface area contributed by atoms with Gasteiger partial charge in [0.25, 0.3) is 17.7 Å². The van der Waals surface area contributed by atoms with E-state index in [4.69, 9.17) is 23.7 Å². The number of carbonyl (C=O) groups is 3. The lowest BCUT2D eigenvalue weighted by atomic mass is 9.89. The molecule has 8 aliphatic rings. The molecule has 3 aromatic carbocycles. The van der Waals surface area contributed by atoms with Crippen molar-refractivity contribution in [1.29, 1.82) is 0 Å². The second-order valence-corrected chi connectivity index (χ2v) is 12.8. The summed E-state index contributed by atoms with van der Waals surface area (Å²) in [6.07, 6.45) is 4.42. The number of aromatic nitrogens is 2. The minimum atomic E-state index is -1.24. The number of amides is 3. The minimum Gasteiger partial charge on any atom is -0.493 e. The standard InChI is InChI=1S/C38H41N5O8/c1-47-32-21-24-7-13-30(32)50-31-14-8-25(22-33(31)48-2)35(44)39-17-20-49-26-9-11-27(12-10-26)51-38(37(46)40-23-24)15-18-43(19-16-38)36(45)34-28-5-3-4-6-29(28)41-42-34/h7-14,21-22H,3-6,15-20,23H2,1-2H3,(H,39,44)(H,40,46)(H,41,42). The summed E-state index contributed by atoms with van der Waals surface area (Å²) in [7, 11) is 3.04. The van der Waals surface area contributed by atoms with E-state index in [2.05, 4.69) is 20.8 Å². The van der Waals surface area contributed by atoms with Gasteiger partial charge >= 0.3 is 0 Å². The first-order valence-electron chi connectivity index (χ1n) is 17.2. The minimum absolute atomic E-state index is 0.126. The number of fused-ring (bicyclic) bond motifs is 1. The molecule has 13 nitrogen and oxygen atoms in total. The zero-order valence-electron chi connectivity index (χ0n) is 28.7. The van der Waals surface area contributed by atoms with Crippen LogP contribution in [0.15, 0.2) is 60.7 Å². The number of aromatic amines is 1. The second-order valence-electron chi connectivity index (χ2n) is 12.8. The molecule has 3 amide bonds.